The van der Waals surface area contributed by atoms with E-state index in [2.05, 4.69) is 0 Å². The fourth-order valence-electron chi connectivity index (χ4n) is 1.72. The summed E-state index contributed by atoms with van der Waals surface area (Å²) in [4.78, 5) is 22.0. The number of nitrogens with two attached hydrogens (primary N) is 1. The van der Waals surface area contributed by atoms with Gasteiger partial charge < -0.3 is 10.5 Å². The molecule has 1 rings (SSSR count). The molecule has 0 aliphatic carbocycles. The van der Waals surface area contributed by atoms with E-state index >= 15 is 0 Å². The number of cyclic esters (lactones) is 1. The summed E-state index contributed by atoms with van der Waals surface area (Å²) >= 11 is 0. The minimum absolute atomic E-state index is 0.141. The van der Waals surface area contributed by atoms with Gasteiger partial charge in [-0.3, -0.25) is 9.59 Å². The van der Waals surface area contributed by atoms with Gasteiger partial charge in [0.15, 0.2) is 0 Å². The lowest BCUT2D eigenvalue weighted by Crippen LogP contribution is -2.52. The number of carbonyl (C=O) groups excluding carboxylic acids is 2. The second-order valence-corrected chi connectivity index (χ2v) is 4.33. The molecule has 0 saturated carbocycles. The van der Waals surface area contributed by atoms with Crippen LogP contribution in [-0.2, 0) is 14.3 Å². The molecule has 4 nitrogen and oxygen atoms in total. The number of amides is 1. The molecule has 1 aliphatic rings. The van der Waals surface area contributed by atoms with E-state index in [1.807, 2.05) is 13.8 Å². The molecule has 14 heavy (non-hydrogen) atoms. The predicted molar refractivity (Wildman–Crippen MR) is 51.2 cm³/mol. The number of carbonyl (C=O) groups is 2. The van der Waals surface area contributed by atoms with Crippen LogP contribution in [-0.4, -0.2) is 18.0 Å². The monoisotopic (exact) mass is 199 g/mol. The smallest absolute Gasteiger partial charge is 0.313 e. The molecule has 0 aromatic rings. The fourth-order valence-corrected chi connectivity index (χ4v) is 1.72. The molecule has 0 aromatic carbocycles. The van der Waals surface area contributed by atoms with Gasteiger partial charge in [-0.05, 0) is 12.3 Å². The van der Waals surface area contributed by atoms with Crippen LogP contribution in [0.15, 0.2) is 0 Å². The van der Waals surface area contributed by atoms with Gasteiger partial charge in [0.1, 0.15) is 6.10 Å². The lowest BCUT2D eigenvalue weighted by Gasteiger charge is -2.38. The molecular formula is C10H17NO3. The Balaban J connectivity index is 2.56. The molecular weight excluding hydrogens is 182 g/mol. The zero-order chi connectivity index (χ0) is 10.9. The lowest BCUT2D eigenvalue weighted by atomic mass is 9.82. The first-order valence-electron chi connectivity index (χ1n) is 4.93. The maximum atomic E-state index is 11.1. The first-order valence-corrected chi connectivity index (χ1v) is 4.93. The third kappa shape index (κ3) is 2.05. The highest BCUT2D eigenvalue weighted by atomic mass is 16.6. The maximum Gasteiger partial charge on any atom is 0.313 e. The van der Waals surface area contributed by atoms with Crippen LogP contribution in [0.25, 0.3) is 0 Å². The van der Waals surface area contributed by atoms with Crippen molar-refractivity contribution in [1.82, 2.24) is 0 Å². The van der Waals surface area contributed by atoms with Gasteiger partial charge in [-0.2, -0.15) is 0 Å². The van der Waals surface area contributed by atoms with E-state index in [0.717, 1.165) is 6.42 Å². The molecule has 1 aliphatic heterocycles. The van der Waals surface area contributed by atoms with Gasteiger partial charge in [-0.1, -0.05) is 20.8 Å². The van der Waals surface area contributed by atoms with Gasteiger partial charge in [0.05, 0.1) is 11.8 Å². The average molecular weight is 199 g/mol. The molecule has 0 bridgehead atoms. The van der Waals surface area contributed by atoms with E-state index in [9.17, 15) is 9.59 Å². The molecule has 1 fully saturated rings. The van der Waals surface area contributed by atoms with Crippen LogP contribution >= 0.6 is 0 Å². The van der Waals surface area contributed by atoms with Crippen molar-refractivity contribution in [2.24, 2.45) is 23.5 Å². The van der Waals surface area contributed by atoms with Crippen LogP contribution < -0.4 is 5.73 Å². The summed E-state index contributed by atoms with van der Waals surface area (Å²) in [6, 6.07) is 0. The standard InChI is InChI=1S/C10H17NO3/c1-5(2)4-7-8(14-10(7)13)6(3)9(11)12/h5-8H,4H2,1-3H3,(H2,11,12)/t6-,7+,8+/m1/s1. The van der Waals surface area contributed by atoms with Crippen LogP contribution in [0.1, 0.15) is 27.2 Å². The largest absolute Gasteiger partial charge is 0.460 e. The van der Waals surface area contributed by atoms with Gasteiger partial charge in [0, 0.05) is 0 Å². The summed E-state index contributed by atoms with van der Waals surface area (Å²) in [5.74, 6) is -0.697. The second-order valence-electron chi connectivity index (χ2n) is 4.33. The quantitative estimate of drug-likeness (QED) is 0.677. The van der Waals surface area contributed by atoms with Crippen LogP contribution in [0.3, 0.4) is 0 Å². The Bertz CT molecular complexity index is 250. The third-order valence-corrected chi connectivity index (χ3v) is 2.62. The molecule has 0 aromatic heterocycles. The molecule has 80 valence electrons. The van der Waals surface area contributed by atoms with E-state index in [0.29, 0.717) is 5.92 Å². The summed E-state index contributed by atoms with van der Waals surface area (Å²) in [7, 11) is 0. The zero-order valence-corrected chi connectivity index (χ0v) is 8.82. The molecule has 2 N–H and O–H groups in total. The molecule has 3 atom stereocenters. The SMILES string of the molecule is CC(C)C[C@@H]1C(=O)O[C@H]1[C@@H](C)C(N)=O. The Labute approximate surface area is 83.8 Å². The Morgan fingerprint density at radius 2 is 2.07 bits per heavy atom. The Morgan fingerprint density at radius 3 is 2.43 bits per heavy atom. The van der Waals surface area contributed by atoms with Crippen molar-refractivity contribution in [1.29, 1.82) is 0 Å². The van der Waals surface area contributed by atoms with Crippen LogP contribution in [0.4, 0.5) is 0 Å². The van der Waals surface area contributed by atoms with Crippen LogP contribution in [0.5, 0.6) is 0 Å². The Morgan fingerprint density at radius 1 is 1.50 bits per heavy atom. The van der Waals surface area contributed by atoms with Crippen LogP contribution in [0, 0.1) is 17.8 Å². The molecule has 1 amide bonds. The van der Waals surface area contributed by atoms with Crippen molar-refractivity contribution in [2.45, 2.75) is 33.3 Å². The Kier molecular flexibility index (Phi) is 3.13. The number of hydrogen-bond donors (Lipinski definition) is 1. The highest BCUT2D eigenvalue weighted by Crippen LogP contribution is 2.33. The van der Waals surface area contributed by atoms with E-state index in [1.165, 1.54) is 0 Å². The van der Waals surface area contributed by atoms with Crippen LogP contribution in [0.2, 0.25) is 0 Å². The zero-order valence-electron chi connectivity index (χ0n) is 8.82. The lowest BCUT2D eigenvalue weighted by molar-refractivity contribution is -0.192. The predicted octanol–water partition coefficient (Wildman–Crippen LogP) is 0.695. The minimum atomic E-state index is -0.406. The molecule has 4 heteroatoms. The van der Waals surface area contributed by atoms with Gasteiger partial charge >= 0.3 is 5.97 Å². The summed E-state index contributed by atoms with van der Waals surface area (Å²) < 4.78 is 4.94. The summed E-state index contributed by atoms with van der Waals surface area (Å²) in [6.45, 7) is 5.78. The van der Waals surface area contributed by atoms with Crippen molar-refractivity contribution in [3.63, 3.8) is 0 Å². The van der Waals surface area contributed by atoms with Gasteiger partial charge in [-0.25, -0.2) is 0 Å². The second kappa shape index (κ2) is 3.98. The maximum absolute atomic E-state index is 11.1. The van der Waals surface area contributed by atoms with Gasteiger partial charge in [0.2, 0.25) is 5.91 Å². The van der Waals surface area contributed by atoms with E-state index in [1.54, 1.807) is 6.92 Å². The summed E-state index contributed by atoms with van der Waals surface area (Å²) in [6.07, 6.45) is 0.462. The number of rotatable bonds is 4. The van der Waals surface area contributed by atoms with Gasteiger partial charge in [-0.15, -0.1) is 0 Å². The molecule has 1 saturated heterocycles. The summed E-state index contributed by atoms with van der Waals surface area (Å²) in [5.41, 5.74) is 5.15. The van der Waals surface area contributed by atoms with Crippen molar-refractivity contribution in [2.75, 3.05) is 0 Å². The van der Waals surface area contributed by atoms with Crippen molar-refractivity contribution in [3.8, 4) is 0 Å². The van der Waals surface area contributed by atoms with E-state index < -0.39 is 5.91 Å². The van der Waals surface area contributed by atoms with Gasteiger partial charge in [0.25, 0.3) is 0 Å². The fraction of sp³-hybridized carbons (Fsp3) is 0.800. The van der Waals surface area contributed by atoms with E-state index in [4.69, 9.17) is 10.5 Å². The molecule has 1 heterocycles. The third-order valence-electron chi connectivity index (χ3n) is 2.62. The average Bonchev–Trinajstić information content (AvgIpc) is 2.09. The van der Waals surface area contributed by atoms with Crippen molar-refractivity contribution >= 4 is 11.9 Å². The number of esters is 1. The Hall–Kier alpha value is -1.06. The highest BCUT2D eigenvalue weighted by Gasteiger charge is 2.46. The molecule has 0 radical (unpaired) electrons. The van der Waals surface area contributed by atoms with Crippen molar-refractivity contribution < 1.29 is 14.3 Å². The highest BCUT2D eigenvalue weighted by molar-refractivity contribution is 5.83. The number of ether oxygens (including phenoxy) is 1. The van der Waals surface area contributed by atoms with Crippen molar-refractivity contribution in [3.05, 3.63) is 0 Å². The number of primary amides is 1. The normalized spacial score (nSPS) is 28.1. The topological polar surface area (TPSA) is 69.4 Å². The summed E-state index contributed by atoms with van der Waals surface area (Å²) in [5, 5.41) is 0. The number of hydrogen-bond acceptors (Lipinski definition) is 3. The first-order chi connectivity index (χ1) is 6.43. The minimum Gasteiger partial charge on any atom is -0.460 e. The molecule has 0 unspecified atom stereocenters. The first kappa shape index (κ1) is 11.0. The van der Waals surface area contributed by atoms with E-state index in [-0.39, 0.29) is 23.9 Å². The molecule has 0 spiro atoms.